The number of hydrogen-bond donors (Lipinski definition) is 0. The van der Waals surface area contributed by atoms with Crippen LogP contribution in [0.3, 0.4) is 0 Å². The molecule has 0 fully saturated rings. The third-order valence-corrected chi connectivity index (χ3v) is 3.32. The molecule has 0 bridgehead atoms. The highest BCUT2D eigenvalue weighted by molar-refractivity contribution is 9.28. The van der Waals surface area contributed by atoms with E-state index in [0.29, 0.717) is 0 Å². The molecule has 0 aliphatic heterocycles. The smallest absolute Gasteiger partial charge is 0.137 e. The summed E-state index contributed by atoms with van der Waals surface area (Å²) in [5, 5.41) is 0. The lowest BCUT2D eigenvalue weighted by molar-refractivity contribution is 1.17. The minimum Gasteiger partial charge on any atom is -0.300 e. The Kier molecular flexibility index (Phi) is 3.53. The fourth-order valence-corrected chi connectivity index (χ4v) is 2.50. The maximum absolute atomic E-state index is 4.71. The molecule has 0 saturated carbocycles. The molecule has 0 amide bonds. The van der Waals surface area contributed by atoms with E-state index in [1.807, 2.05) is 48.7 Å². The van der Waals surface area contributed by atoms with Crippen molar-refractivity contribution in [2.45, 2.75) is 0 Å². The van der Waals surface area contributed by atoms with Crippen molar-refractivity contribution in [2.24, 2.45) is 0 Å². The summed E-state index contributed by atoms with van der Waals surface area (Å²) in [5.41, 5.74) is 4.07. The second-order valence-corrected chi connectivity index (χ2v) is 6.85. The van der Waals surface area contributed by atoms with E-state index >= 15 is 0 Å². The maximum Gasteiger partial charge on any atom is 0.137 e. The molecule has 4 heteroatoms. The lowest BCUT2D eigenvalue weighted by Crippen LogP contribution is -1.87. The largest absolute Gasteiger partial charge is 0.300 e. The van der Waals surface area contributed by atoms with Gasteiger partial charge in [-0.2, -0.15) is 0 Å². The summed E-state index contributed by atoms with van der Waals surface area (Å²) in [6.45, 7) is 0. The lowest BCUT2D eigenvalue weighted by atomic mass is 10.1. The molecular weight excluding hydrogens is 368 g/mol. The summed E-state index contributed by atoms with van der Waals surface area (Å²) in [4.78, 5) is 4.71. The number of aromatic nitrogens is 2. The van der Waals surface area contributed by atoms with E-state index in [9.17, 15) is 0 Å². The number of nitrogens with zero attached hydrogens (tertiary/aromatic N) is 2. The van der Waals surface area contributed by atoms with Crippen molar-refractivity contribution in [3.8, 4) is 11.3 Å². The Morgan fingerprint density at radius 2 is 1.74 bits per heavy atom. The molecule has 0 unspecified atom stereocenters. The number of imidazole rings is 1. The molecule has 0 aliphatic carbocycles. The molecule has 0 saturated heterocycles. The van der Waals surface area contributed by atoms with E-state index in [-0.39, 0.29) is 0 Å². The molecule has 0 atom stereocenters. The molecule has 3 rings (SSSR count). The summed E-state index contributed by atoms with van der Waals surface area (Å²) in [6.07, 6.45) is 4.03. The highest BCUT2D eigenvalue weighted by atomic mass is 79.9. The van der Waals surface area contributed by atoms with Crippen molar-refractivity contribution in [1.29, 1.82) is 0 Å². The van der Waals surface area contributed by atoms with Crippen LogP contribution in [0.15, 0.2) is 58.1 Å². The van der Waals surface area contributed by atoms with Gasteiger partial charge in [0.1, 0.15) is 5.65 Å². The van der Waals surface area contributed by atoms with Gasteiger partial charge in [-0.05, 0) is 50.1 Å². The van der Waals surface area contributed by atoms with Crippen molar-refractivity contribution in [3.63, 3.8) is 0 Å². The van der Waals surface area contributed by atoms with Crippen LogP contribution in [0.2, 0.25) is 0 Å². The molecular formula is C15H10Br2N2. The summed E-state index contributed by atoms with van der Waals surface area (Å²) in [7, 11) is 0. The Bertz CT molecular complexity index is 741. The third-order valence-electron chi connectivity index (χ3n) is 2.86. The molecule has 19 heavy (non-hydrogen) atoms. The van der Waals surface area contributed by atoms with E-state index in [2.05, 4.69) is 48.4 Å². The van der Waals surface area contributed by atoms with Crippen LogP contribution >= 0.6 is 31.9 Å². The summed E-state index contributed by atoms with van der Waals surface area (Å²) in [6, 6.07) is 16.2. The first-order valence-electron chi connectivity index (χ1n) is 5.81. The van der Waals surface area contributed by atoms with Gasteiger partial charge in [-0.15, -0.1) is 0 Å². The van der Waals surface area contributed by atoms with Gasteiger partial charge in [0.15, 0.2) is 0 Å². The average Bonchev–Trinajstić information content (AvgIpc) is 2.78. The first kappa shape index (κ1) is 12.6. The van der Waals surface area contributed by atoms with E-state index in [4.69, 9.17) is 4.98 Å². The van der Waals surface area contributed by atoms with Gasteiger partial charge in [-0.3, -0.25) is 4.40 Å². The van der Waals surface area contributed by atoms with Crippen LogP contribution in [-0.2, 0) is 0 Å². The minimum absolute atomic E-state index is 0.892. The molecule has 0 N–H and O–H groups in total. The zero-order valence-electron chi connectivity index (χ0n) is 9.92. The highest BCUT2D eigenvalue weighted by Gasteiger charge is 2.11. The standard InChI is InChI=1S/C15H10Br2N2/c16-13(17)10-12-15(11-6-2-1-3-7-11)18-14-8-4-5-9-19(12)14/h1-10H. The van der Waals surface area contributed by atoms with E-state index in [0.717, 1.165) is 26.0 Å². The van der Waals surface area contributed by atoms with Gasteiger partial charge in [0.2, 0.25) is 0 Å². The molecule has 3 aromatic rings. The quantitative estimate of drug-likeness (QED) is 0.608. The summed E-state index contributed by atoms with van der Waals surface area (Å²) >= 11 is 6.85. The van der Waals surface area contributed by atoms with Gasteiger partial charge in [0, 0.05) is 11.8 Å². The molecule has 1 aromatic carbocycles. The predicted octanol–water partition coefficient (Wildman–Crippen LogP) is 5.09. The van der Waals surface area contributed by atoms with Gasteiger partial charge >= 0.3 is 0 Å². The predicted molar refractivity (Wildman–Crippen MR) is 86.5 cm³/mol. The fourth-order valence-electron chi connectivity index (χ4n) is 2.06. The lowest BCUT2D eigenvalue weighted by Gasteiger charge is -2.00. The first-order chi connectivity index (χ1) is 9.25. The maximum atomic E-state index is 4.71. The van der Waals surface area contributed by atoms with Crippen LogP contribution in [0.5, 0.6) is 0 Å². The number of fused-ring (bicyclic) bond motifs is 1. The number of hydrogen-bond acceptors (Lipinski definition) is 1. The molecule has 94 valence electrons. The summed E-state index contributed by atoms with van der Waals surface area (Å²) in [5.74, 6) is 0. The Morgan fingerprint density at radius 1 is 1.00 bits per heavy atom. The number of pyridine rings is 1. The van der Waals surface area contributed by atoms with Crippen LogP contribution in [0, 0.1) is 0 Å². The highest BCUT2D eigenvalue weighted by Crippen LogP contribution is 2.28. The molecule has 0 aliphatic rings. The van der Waals surface area contributed by atoms with Gasteiger partial charge in [0.25, 0.3) is 0 Å². The minimum atomic E-state index is 0.892. The van der Waals surface area contributed by atoms with E-state index < -0.39 is 0 Å². The molecule has 2 heterocycles. The first-order valence-corrected chi connectivity index (χ1v) is 7.39. The van der Waals surface area contributed by atoms with Crippen molar-refractivity contribution >= 4 is 43.6 Å². The van der Waals surface area contributed by atoms with Crippen LogP contribution < -0.4 is 0 Å². The van der Waals surface area contributed by atoms with Crippen molar-refractivity contribution in [1.82, 2.24) is 9.38 Å². The fraction of sp³-hybridized carbons (Fsp3) is 0. The molecule has 2 aromatic heterocycles. The topological polar surface area (TPSA) is 17.3 Å². The average molecular weight is 378 g/mol. The normalized spacial score (nSPS) is 10.6. The second kappa shape index (κ2) is 5.31. The zero-order valence-corrected chi connectivity index (χ0v) is 13.1. The van der Waals surface area contributed by atoms with E-state index in [1.165, 1.54) is 0 Å². The molecule has 2 nitrogen and oxygen atoms in total. The zero-order chi connectivity index (χ0) is 13.2. The second-order valence-electron chi connectivity index (χ2n) is 4.07. The number of rotatable bonds is 2. The summed E-state index contributed by atoms with van der Waals surface area (Å²) < 4.78 is 2.97. The van der Waals surface area contributed by atoms with Crippen molar-refractivity contribution in [2.75, 3.05) is 0 Å². The Balaban J connectivity index is 2.32. The Morgan fingerprint density at radius 3 is 2.47 bits per heavy atom. The monoisotopic (exact) mass is 376 g/mol. The van der Waals surface area contributed by atoms with Crippen molar-refractivity contribution < 1.29 is 0 Å². The number of benzene rings is 1. The number of halogens is 2. The Hall–Kier alpha value is -1.39. The van der Waals surface area contributed by atoms with Gasteiger partial charge in [-0.25, -0.2) is 4.98 Å². The van der Waals surface area contributed by atoms with Gasteiger partial charge < -0.3 is 0 Å². The van der Waals surface area contributed by atoms with Gasteiger partial charge in [0.05, 0.1) is 14.8 Å². The van der Waals surface area contributed by atoms with Crippen molar-refractivity contribution in [3.05, 3.63) is 63.8 Å². The van der Waals surface area contributed by atoms with Crippen LogP contribution in [0.1, 0.15) is 5.69 Å². The SMILES string of the molecule is BrC(Br)=Cc1c(-c2ccccc2)nc2ccccn12. The molecule has 0 radical (unpaired) electrons. The van der Waals surface area contributed by atoms with E-state index in [1.54, 1.807) is 0 Å². The molecule has 0 spiro atoms. The third kappa shape index (κ3) is 2.51. The van der Waals surface area contributed by atoms with Crippen LogP contribution in [0.4, 0.5) is 0 Å². The van der Waals surface area contributed by atoms with Gasteiger partial charge in [-0.1, -0.05) is 36.4 Å². The Labute approximate surface area is 128 Å². The van der Waals surface area contributed by atoms with Crippen LogP contribution in [-0.4, -0.2) is 9.38 Å². The van der Waals surface area contributed by atoms with Crippen LogP contribution in [0.25, 0.3) is 23.0 Å².